The molecule has 0 spiro atoms. The normalized spacial score (nSPS) is 13.0. The average Bonchev–Trinajstić information content (AvgIpc) is 2.39. The molecule has 19 heavy (non-hydrogen) atoms. The molecule has 100 valence electrons. The van der Waals surface area contributed by atoms with Gasteiger partial charge < -0.3 is 19.6 Å². The first-order valence-corrected chi connectivity index (χ1v) is 7.21. The van der Waals surface area contributed by atoms with Gasteiger partial charge in [-0.15, -0.1) is 0 Å². The lowest BCUT2D eigenvalue weighted by Gasteiger charge is -2.13. The second-order valence-corrected chi connectivity index (χ2v) is 5.61. The molecule has 1 atom stereocenters. The van der Waals surface area contributed by atoms with E-state index in [9.17, 15) is 9.67 Å². The predicted octanol–water partition coefficient (Wildman–Crippen LogP) is 2.65. The van der Waals surface area contributed by atoms with Gasteiger partial charge in [0.2, 0.25) is 0 Å². The summed E-state index contributed by atoms with van der Waals surface area (Å²) < 4.78 is 16.4. The molecule has 0 aliphatic carbocycles. The molecule has 0 aliphatic rings. The van der Waals surface area contributed by atoms with Crippen molar-refractivity contribution in [2.45, 2.75) is 5.85 Å². The molecule has 0 aliphatic heterocycles. The lowest BCUT2D eigenvalue weighted by molar-refractivity contribution is 0.205. The highest BCUT2D eigenvalue weighted by molar-refractivity contribution is 7.51. The summed E-state index contributed by atoms with van der Waals surface area (Å²) >= 11 is 0. The van der Waals surface area contributed by atoms with E-state index in [0.717, 1.165) is 0 Å². The van der Waals surface area contributed by atoms with Gasteiger partial charge in [-0.25, -0.2) is 0 Å². The summed E-state index contributed by atoms with van der Waals surface area (Å²) in [6.45, 7) is 0. The summed E-state index contributed by atoms with van der Waals surface area (Å²) in [6, 6.07) is 15.0. The van der Waals surface area contributed by atoms with Crippen molar-refractivity contribution in [3.63, 3.8) is 0 Å². The number of aliphatic hydroxyl groups is 1. The van der Waals surface area contributed by atoms with Crippen molar-refractivity contribution in [3.8, 4) is 11.5 Å². The summed E-state index contributed by atoms with van der Waals surface area (Å²) in [5, 5.41) is 9.43. The molecule has 2 aromatic carbocycles. The molecule has 2 aromatic rings. The van der Waals surface area contributed by atoms with E-state index in [-0.39, 0.29) is 5.56 Å². The maximum atomic E-state index is 10.9. The van der Waals surface area contributed by atoms with Crippen molar-refractivity contribution in [3.05, 3.63) is 60.2 Å². The van der Waals surface area contributed by atoms with Crippen LogP contribution in [0.4, 0.5) is 0 Å². The van der Waals surface area contributed by atoms with E-state index in [1.807, 2.05) is 18.2 Å². The lowest BCUT2D eigenvalue weighted by atomic mass is 10.2. The monoisotopic (exact) mass is 280 g/mol. The number of aliphatic hydroxyl groups excluding tert-OH is 1. The minimum absolute atomic E-state index is 0.147. The van der Waals surface area contributed by atoms with E-state index < -0.39 is 13.4 Å². The molecular weight excluding hydrogens is 267 g/mol. The maximum absolute atomic E-state index is 10.9. The summed E-state index contributed by atoms with van der Waals surface area (Å²) in [5.41, 5.74) is 0.147. The van der Waals surface area contributed by atoms with Gasteiger partial charge in [-0.1, -0.05) is 30.3 Å². The SMILES string of the molecule is O=P(O)(O)C(O)c1ccc(Oc2ccccc2)cc1. The van der Waals surface area contributed by atoms with E-state index in [4.69, 9.17) is 14.5 Å². The summed E-state index contributed by atoms with van der Waals surface area (Å²) in [7, 11) is -4.55. The second-order valence-electron chi connectivity index (χ2n) is 3.95. The van der Waals surface area contributed by atoms with E-state index in [0.29, 0.717) is 11.5 Å². The van der Waals surface area contributed by atoms with Gasteiger partial charge in [-0.05, 0) is 29.8 Å². The molecule has 2 rings (SSSR count). The van der Waals surface area contributed by atoms with Gasteiger partial charge in [0.25, 0.3) is 0 Å². The van der Waals surface area contributed by atoms with E-state index in [2.05, 4.69) is 0 Å². The summed E-state index contributed by atoms with van der Waals surface area (Å²) in [6.07, 6.45) is 0. The largest absolute Gasteiger partial charge is 0.457 e. The number of para-hydroxylation sites is 1. The first-order valence-electron chi connectivity index (χ1n) is 5.53. The van der Waals surface area contributed by atoms with Crippen LogP contribution in [0.15, 0.2) is 54.6 Å². The fourth-order valence-corrected chi connectivity index (χ4v) is 2.09. The molecule has 0 saturated carbocycles. The minimum atomic E-state index is -4.55. The van der Waals surface area contributed by atoms with Crippen molar-refractivity contribution in [2.75, 3.05) is 0 Å². The molecule has 0 fully saturated rings. The van der Waals surface area contributed by atoms with Gasteiger partial charge in [0.15, 0.2) is 5.85 Å². The molecule has 0 saturated heterocycles. The first-order chi connectivity index (χ1) is 8.97. The van der Waals surface area contributed by atoms with Gasteiger partial charge in [0, 0.05) is 0 Å². The van der Waals surface area contributed by atoms with Crippen LogP contribution in [-0.4, -0.2) is 14.9 Å². The predicted molar refractivity (Wildman–Crippen MR) is 70.0 cm³/mol. The number of benzene rings is 2. The molecule has 1 unspecified atom stereocenters. The quantitative estimate of drug-likeness (QED) is 0.749. The van der Waals surface area contributed by atoms with Gasteiger partial charge in [-0.2, -0.15) is 0 Å². The Morgan fingerprint density at radius 2 is 1.42 bits per heavy atom. The van der Waals surface area contributed by atoms with Crippen LogP contribution < -0.4 is 4.74 Å². The molecule has 0 radical (unpaired) electrons. The van der Waals surface area contributed by atoms with E-state index in [1.165, 1.54) is 12.1 Å². The smallest absolute Gasteiger partial charge is 0.358 e. The first kappa shape index (κ1) is 13.8. The third kappa shape index (κ3) is 3.66. The van der Waals surface area contributed by atoms with Gasteiger partial charge in [0.05, 0.1) is 0 Å². The fourth-order valence-electron chi connectivity index (χ4n) is 1.53. The van der Waals surface area contributed by atoms with Gasteiger partial charge >= 0.3 is 7.60 Å². The van der Waals surface area contributed by atoms with Crippen LogP contribution >= 0.6 is 7.60 Å². The fraction of sp³-hybridized carbons (Fsp3) is 0.0769. The van der Waals surface area contributed by atoms with Crippen LogP contribution in [-0.2, 0) is 4.57 Å². The third-order valence-electron chi connectivity index (χ3n) is 2.48. The van der Waals surface area contributed by atoms with Crippen molar-refractivity contribution < 1.29 is 24.2 Å². The standard InChI is InChI=1S/C13H13O5P/c14-13(19(15,16)17)10-6-8-12(9-7-10)18-11-4-2-1-3-5-11/h1-9,13-14H,(H2,15,16,17). The van der Waals surface area contributed by atoms with Crippen LogP contribution in [0.25, 0.3) is 0 Å². The minimum Gasteiger partial charge on any atom is -0.457 e. The van der Waals surface area contributed by atoms with E-state index >= 15 is 0 Å². The molecule has 6 heteroatoms. The van der Waals surface area contributed by atoms with Crippen molar-refractivity contribution >= 4 is 7.60 Å². The van der Waals surface area contributed by atoms with Crippen molar-refractivity contribution in [1.29, 1.82) is 0 Å². The maximum Gasteiger partial charge on any atom is 0.358 e. The third-order valence-corrected chi connectivity index (χ3v) is 3.41. The Balaban J connectivity index is 2.13. The Kier molecular flexibility index (Phi) is 4.02. The van der Waals surface area contributed by atoms with Crippen LogP contribution in [0.5, 0.6) is 11.5 Å². The number of hydrogen-bond donors (Lipinski definition) is 3. The molecule has 0 heterocycles. The zero-order valence-corrected chi connectivity index (χ0v) is 10.8. The van der Waals surface area contributed by atoms with Crippen molar-refractivity contribution in [2.24, 2.45) is 0 Å². The number of rotatable bonds is 4. The number of hydrogen-bond acceptors (Lipinski definition) is 3. The van der Waals surface area contributed by atoms with E-state index in [1.54, 1.807) is 24.3 Å². The lowest BCUT2D eigenvalue weighted by Crippen LogP contribution is -1.98. The highest BCUT2D eigenvalue weighted by atomic mass is 31.2. The number of ether oxygens (including phenoxy) is 1. The Morgan fingerprint density at radius 3 is 1.95 bits per heavy atom. The van der Waals surface area contributed by atoms with Crippen LogP contribution in [0.3, 0.4) is 0 Å². The summed E-state index contributed by atoms with van der Waals surface area (Å²) in [5.74, 6) is -0.628. The van der Waals surface area contributed by atoms with Crippen molar-refractivity contribution in [1.82, 2.24) is 0 Å². The van der Waals surface area contributed by atoms with Crippen LogP contribution in [0.2, 0.25) is 0 Å². The van der Waals surface area contributed by atoms with Crippen LogP contribution in [0, 0.1) is 0 Å². The molecule has 0 bridgehead atoms. The zero-order chi connectivity index (χ0) is 13.9. The van der Waals surface area contributed by atoms with Gasteiger partial charge in [0.1, 0.15) is 11.5 Å². The second kappa shape index (κ2) is 5.55. The molecular formula is C13H13O5P. The topological polar surface area (TPSA) is 87.0 Å². The van der Waals surface area contributed by atoms with Crippen LogP contribution in [0.1, 0.15) is 11.4 Å². The average molecular weight is 280 g/mol. The zero-order valence-electron chi connectivity index (χ0n) is 9.88. The Bertz CT molecular complexity index is 576. The molecule has 3 N–H and O–H groups in total. The highest BCUT2D eigenvalue weighted by Crippen LogP contribution is 2.49. The van der Waals surface area contributed by atoms with Gasteiger partial charge in [-0.3, -0.25) is 4.57 Å². The molecule has 0 amide bonds. The molecule has 5 nitrogen and oxygen atoms in total. The Labute approximate surface area is 110 Å². The Hall–Kier alpha value is -1.65. The Morgan fingerprint density at radius 1 is 0.895 bits per heavy atom. The highest BCUT2D eigenvalue weighted by Gasteiger charge is 2.27. The molecule has 0 aromatic heterocycles. The summed E-state index contributed by atoms with van der Waals surface area (Å²) in [4.78, 5) is 17.7.